The fraction of sp³-hybridized carbons (Fsp3) is 0.294. The van der Waals surface area contributed by atoms with Crippen LogP contribution in [0.25, 0.3) is 0 Å². The molecule has 0 spiro atoms. The number of phenolic OH excluding ortho intramolecular Hbond substituents is 1. The average molecular weight is 320 g/mol. The number of phenols is 1. The van der Waals surface area contributed by atoms with Crippen LogP contribution in [0.15, 0.2) is 51.7 Å². The lowest BCUT2D eigenvalue weighted by atomic mass is 10.0. The van der Waals surface area contributed by atoms with E-state index in [2.05, 4.69) is 9.98 Å². The zero-order valence-corrected chi connectivity index (χ0v) is 13.9. The van der Waals surface area contributed by atoms with Crippen LogP contribution in [0, 0.1) is 0 Å². The number of rotatable bonds is 6. The standard InChI is InChI=1S/C17H22ClN3O/c1-4-8-20-11-12(2)17(21-9-7-13(3)19)15-6-5-14(18)10-16(15)22/h5-8,10-11,22H,4,9,19H2,1-3H3/b12-11+,13-7+,20-8?,21-17?. The molecule has 0 saturated carbocycles. The normalized spacial score (nSPS) is 13.9. The zero-order chi connectivity index (χ0) is 16.5. The zero-order valence-electron chi connectivity index (χ0n) is 13.2. The van der Waals surface area contributed by atoms with Crippen molar-refractivity contribution >= 4 is 23.5 Å². The lowest BCUT2D eigenvalue weighted by Gasteiger charge is -2.09. The number of halogens is 1. The second-order valence-corrected chi connectivity index (χ2v) is 5.29. The molecule has 0 aliphatic rings. The minimum Gasteiger partial charge on any atom is -0.507 e. The summed E-state index contributed by atoms with van der Waals surface area (Å²) in [5.41, 5.74) is 8.47. The van der Waals surface area contributed by atoms with Gasteiger partial charge in [-0.05, 0) is 50.1 Å². The minimum absolute atomic E-state index is 0.0897. The van der Waals surface area contributed by atoms with Gasteiger partial charge in [-0.2, -0.15) is 0 Å². The molecule has 22 heavy (non-hydrogen) atoms. The monoisotopic (exact) mass is 319 g/mol. The first kappa shape index (κ1) is 18.0. The van der Waals surface area contributed by atoms with Crippen LogP contribution >= 0.6 is 11.6 Å². The summed E-state index contributed by atoms with van der Waals surface area (Å²) in [7, 11) is 0. The maximum absolute atomic E-state index is 10.1. The first-order valence-corrected chi connectivity index (χ1v) is 7.47. The molecule has 1 rings (SSSR count). The summed E-state index contributed by atoms with van der Waals surface area (Å²) in [5, 5.41) is 10.6. The maximum Gasteiger partial charge on any atom is 0.126 e. The Balaban J connectivity index is 3.24. The van der Waals surface area contributed by atoms with Gasteiger partial charge in [-0.25, -0.2) is 0 Å². The van der Waals surface area contributed by atoms with Crippen LogP contribution in [0.2, 0.25) is 5.02 Å². The molecule has 1 aromatic carbocycles. The van der Waals surface area contributed by atoms with E-state index in [0.717, 1.165) is 12.0 Å². The van der Waals surface area contributed by atoms with E-state index in [9.17, 15) is 5.11 Å². The van der Waals surface area contributed by atoms with Crippen molar-refractivity contribution in [3.05, 3.63) is 52.3 Å². The van der Waals surface area contributed by atoms with Gasteiger partial charge in [-0.15, -0.1) is 0 Å². The van der Waals surface area contributed by atoms with Crippen LogP contribution < -0.4 is 5.73 Å². The Morgan fingerprint density at radius 2 is 2.09 bits per heavy atom. The van der Waals surface area contributed by atoms with E-state index in [1.807, 2.05) is 33.1 Å². The van der Waals surface area contributed by atoms with Crippen LogP contribution in [0.1, 0.15) is 32.8 Å². The van der Waals surface area contributed by atoms with Crippen LogP contribution in [0.3, 0.4) is 0 Å². The van der Waals surface area contributed by atoms with E-state index in [4.69, 9.17) is 17.3 Å². The Labute approximate surface area is 136 Å². The predicted molar refractivity (Wildman–Crippen MR) is 95.0 cm³/mol. The van der Waals surface area contributed by atoms with Gasteiger partial charge >= 0.3 is 0 Å². The number of hydrogen-bond donors (Lipinski definition) is 2. The molecule has 0 aromatic heterocycles. The number of benzene rings is 1. The summed E-state index contributed by atoms with van der Waals surface area (Å²) in [6, 6.07) is 4.97. The molecule has 0 aliphatic carbocycles. The van der Waals surface area contributed by atoms with Crippen LogP contribution in [0.4, 0.5) is 0 Å². The van der Waals surface area contributed by atoms with Gasteiger partial charge in [0.25, 0.3) is 0 Å². The molecular weight excluding hydrogens is 298 g/mol. The van der Waals surface area contributed by atoms with Crippen LogP contribution in [-0.4, -0.2) is 23.6 Å². The summed E-state index contributed by atoms with van der Waals surface area (Å²) in [4.78, 5) is 8.73. The van der Waals surface area contributed by atoms with E-state index in [1.54, 1.807) is 18.3 Å². The van der Waals surface area contributed by atoms with Gasteiger partial charge in [-0.3, -0.25) is 9.98 Å². The Morgan fingerprint density at radius 1 is 1.36 bits per heavy atom. The number of aliphatic imine (C=N–C) groups is 2. The average Bonchev–Trinajstić information content (AvgIpc) is 2.44. The maximum atomic E-state index is 10.1. The quantitative estimate of drug-likeness (QED) is 0.775. The van der Waals surface area contributed by atoms with Crippen molar-refractivity contribution < 1.29 is 5.11 Å². The largest absolute Gasteiger partial charge is 0.507 e. The van der Waals surface area contributed by atoms with Crippen molar-refractivity contribution in [3.63, 3.8) is 0 Å². The molecule has 1 aromatic rings. The van der Waals surface area contributed by atoms with E-state index in [0.29, 0.717) is 28.5 Å². The minimum atomic E-state index is 0.0897. The van der Waals surface area contributed by atoms with Crippen molar-refractivity contribution in [3.8, 4) is 5.75 Å². The number of hydrogen-bond acceptors (Lipinski definition) is 4. The molecular formula is C17H22ClN3O. The summed E-state index contributed by atoms with van der Waals surface area (Å²) >= 11 is 5.89. The van der Waals surface area contributed by atoms with Gasteiger partial charge in [0.2, 0.25) is 0 Å². The molecule has 118 valence electrons. The second kappa shape index (κ2) is 9.05. The molecule has 0 aliphatic heterocycles. The highest BCUT2D eigenvalue weighted by Crippen LogP contribution is 2.25. The number of nitrogens with two attached hydrogens (primary N) is 1. The molecule has 3 N–H and O–H groups in total. The van der Waals surface area contributed by atoms with E-state index in [1.165, 1.54) is 6.07 Å². The van der Waals surface area contributed by atoms with Gasteiger partial charge < -0.3 is 10.8 Å². The molecule has 0 unspecified atom stereocenters. The van der Waals surface area contributed by atoms with Gasteiger partial charge in [0, 0.05) is 28.7 Å². The lowest BCUT2D eigenvalue weighted by molar-refractivity contribution is 0.474. The van der Waals surface area contributed by atoms with Crippen molar-refractivity contribution in [2.75, 3.05) is 6.54 Å². The van der Waals surface area contributed by atoms with Crippen LogP contribution in [-0.2, 0) is 0 Å². The summed E-state index contributed by atoms with van der Waals surface area (Å²) < 4.78 is 0. The lowest BCUT2D eigenvalue weighted by Crippen LogP contribution is -2.05. The van der Waals surface area contributed by atoms with Gasteiger partial charge in [0.05, 0.1) is 12.3 Å². The summed E-state index contributed by atoms with van der Waals surface area (Å²) in [5.74, 6) is 0.0897. The first-order chi connectivity index (χ1) is 10.5. The number of nitrogens with zero attached hydrogens (tertiary/aromatic N) is 2. The molecule has 0 heterocycles. The molecule has 0 bridgehead atoms. The van der Waals surface area contributed by atoms with Crippen molar-refractivity contribution in [2.45, 2.75) is 27.2 Å². The Bertz CT molecular complexity index is 627. The van der Waals surface area contributed by atoms with Crippen LogP contribution in [0.5, 0.6) is 5.75 Å². The molecule has 0 saturated heterocycles. The van der Waals surface area contributed by atoms with E-state index in [-0.39, 0.29) is 5.75 Å². The molecule has 0 radical (unpaired) electrons. The van der Waals surface area contributed by atoms with Crippen molar-refractivity contribution in [1.29, 1.82) is 0 Å². The highest BCUT2D eigenvalue weighted by Gasteiger charge is 2.11. The number of allylic oxidation sites excluding steroid dienone is 2. The third-order valence-electron chi connectivity index (χ3n) is 2.81. The van der Waals surface area contributed by atoms with E-state index >= 15 is 0 Å². The van der Waals surface area contributed by atoms with Gasteiger partial charge in [0.15, 0.2) is 0 Å². The highest BCUT2D eigenvalue weighted by atomic mass is 35.5. The summed E-state index contributed by atoms with van der Waals surface area (Å²) in [6.45, 7) is 6.16. The van der Waals surface area contributed by atoms with Gasteiger partial charge in [-0.1, -0.05) is 18.5 Å². The Kier molecular flexibility index (Phi) is 7.40. The summed E-state index contributed by atoms with van der Waals surface area (Å²) in [6.07, 6.45) is 6.22. The van der Waals surface area contributed by atoms with E-state index < -0.39 is 0 Å². The number of aromatic hydroxyl groups is 1. The van der Waals surface area contributed by atoms with Gasteiger partial charge in [0.1, 0.15) is 5.75 Å². The fourth-order valence-electron chi connectivity index (χ4n) is 1.74. The molecule has 4 nitrogen and oxygen atoms in total. The Morgan fingerprint density at radius 3 is 2.68 bits per heavy atom. The first-order valence-electron chi connectivity index (χ1n) is 7.10. The second-order valence-electron chi connectivity index (χ2n) is 4.85. The smallest absolute Gasteiger partial charge is 0.126 e. The SMILES string of the molecule is CCC=N/C=C(\C)C(=NC/C=C(\C)N)c1ccc(Cl)cc1O. The third-order valence-corrected chi connectivity index (χ3v) is 3.04. The fourth-order valence-corrected chi connectivity index (χ4v) is 1.91. The predicted octanol–water partition coefficient (Wildman–Crippen LogP) is 4.08. The molecule has 0 amide bonds. The molecule has 5 heteroatoms. The molecule has 0 fully saturated rings. The highest BCUT2D eigenvalue weighted by molar-refractivity contribution is 6.31. The third kappa shape index (κ3) is 5.74. The Hall–Kier alpha value is -2.07. The van der Waals surface area contributed by atoms with Crippen molar-refractivity contribution in [2.24, 2.45) is 15.7 Å². The van der Waals surface area contributed by atoms with Crippen molar-refractivity contribution in [1.82, 2.24) is 0 Å². The topological polar surface area (TPSA) is 71.0 Å². The molecule has 0 atom stereocenters.